The predicted molar refractivity (Wildman–Crippen MR) is 209 cm³/mol. The van der Waals surface area contributed by atoms with Crippen LogP contribution in [0.25, 0.3) is 55.8 Å². The normalized spacial score (nSPS) is 15.2. The average molecular weight is 659 g/mol. The zero-order chi connectivity index (χ0) is 33.5. The number of hydrogen-bond acceptors (Lipinski definition) is 2. The van der Waals surface area contributed by atoms with Crippen molar-refractivity contribution >= 4 is 20.8 Å². The van der Waals surface area contributed by atoms with Crippen LogP contribution in [0.5, 0.6) is 0 Å². The van der Waals surface area contributed by atoms with Crippen molar-refractivity contribution in [1.29, 1.82) is 0 Å². The summed E-state index contributed by atoms with van der Waals surface area (Å²) in [6.07, 6.45) is 4.81. The fraction of sp³-hybridized carbons (Fsp3) is 0.0638. The van der Waals surface area contributed by atoms with Gasteiger partial charge in [-0.1, -0.05) is 152 Å². The van der Waals surface area contributed by atoms with Gasteiger partial charge in [0.05, 0.1) is 16.8 Å². The SMILES string of the molecule is CS1(C)c2cc3ccccc3cc2-c2nc(-c3cccc(C4(c5ccccc5)c5ccccc5-c5ccccc54)c3)nc(-c3ccccc3)c21. The van der Waals surface area contributed by atoms with Gasteiger partial charge in [0, 0.05) is 26.5 Å². The summed E-state index contributed by atoms with van der Waals surface area (Å²) in [6.45, 7) is 0. The molecule has 8 aromatic rings. The molecule has 3 heteroatoms. The highest BCUT2D eigenvalue weighted by Gasteiger charge is 2.46. The van der Waals surface area contributed by atoms with Crippen LogP contribution >= 0.6 is 10.0 Å². The van der Waals surface area contributed by atoms with E-state index in [1.807, 2.05) is 0 Å². The lowest BCUT2D eigenvalue weighted by molar-refractivity contribution is 0.768. The fourth-order valence-electron chi connectivity index (χ4n) is 8.58. The first kappa shape index (κ1) is 29.2. The van der Waals surface area contributed by atoms with Gasteiger partial charge in [-0.05, 0) is 74.9 Å². The van der Waals surface area contributed by atoms with Crippen molar-refractivity contribution in [2.45, 2.75) is 15.2 Å². The number of nitrogens with zero attached hydrogens (tertiary/aromatic N) is 2. The molecule has 0 amide bonds. The Hall–Kier alpha value is -5.77. The zero-order valence-corrected chi connectivity index (χ0v) is 28.8. The molecule has 0 unspecified atom stereocenters. The molecule has 50 heavy (non-hydrogen) atoms. The van der Waals surface area contributed by atoms with Gasteiger partial charge in [-0.25, -0.2) is 9.97 Å². The molecule has 0 atom stereocenters. The molecule has 1 aromatic heterocycles. The van der Waals surface area contributed by atoms with Gasteiger partial charge in [-0.2, -0.15) is 10.0 Å². The van der Waals surface area contributed by atoms with Gasteiger partial charge in [0.25, 0.3) is 0 Å². The molecule has 238 valence electrons. The van der Waals surface area contributed by atoms with Crippen molar-refractivity contribution in [2.75, 3.05) is 12.5 Å². The molecule has 1 aliphatic heterocycles. The monoisotopic (exact) mass is 658 g/mol. The molecule has 0 fully saturated rings. The van der Waals surface area contributed by atoms with E-state index in [4.69, 9.17) is 9.97 Å². The van der Waals surface area contributed by atoms with E-state index < -0.39 is 15.4 Å². The Bertz CT molecular complexity index is 2580. The lowest BCUT2D eigenvalue weighted by Crippen LogP contribution is -2.28. The summed E-state index contributed by atoms with van der Waals surface area (Å²) >= 11 is 0. The van der Waals surface area contributed by atoms with Crippen LogP contribution in [0.3, 0.4) is 0 Å². The number of benzene rings is 7. The van der Waals surface area contributed by atoms with E-state index in [-0.39, 0.29) is 0 Å². The summed E-state index contributed by atoms with van der Waals surface area (Å²) in [7, 11) is -1.39. The highest BCUT2D eigenvalue weighted by atomic mass is 32.3. The third-order valence-corrected chi connectivity index (χ3v) is 13.6. The summed E-state index contributed by atoms with van der Waals surface area (Å²) in [4.78, 5) is 13.7. The van der Waals surface area contributed by atoms with Crippen molar-refractivity contribution in [2.24, 2.45) is 0 Å². The summed E-state index contributed by atoms with van der Waals surface area (Å²) in [5.41, 5.74) is 12.6. The number of fused-ring (bicyclic) bond motifs is 7. The molecule has 0 saturated heterocycles. The van der Waals surface area contributed by atoms with Crippen LogP contribution in [0.15, 0.2) is 180 Å². The van der Waals surface area contributed by atoms with Crippen LogP contribution in [0.4, 0.5) is 0 Å². The number of aromatic nitrogens is 2. The molecule has 2 heterocycles. The van der Waals surface area contributed by atoms with Crippen molar-refractivity contribution in [3.05, 3.63) is 192 Å². The van der Waals surface area contributed by atoms with Gasteiger partial charge in [0.2, 0.25) is 0 Å². The zero-order valence-electron chi connectivity index (χ0n) is 28.0. The molecule has 2 nitrogen and oxygen atoms in total. The highest BCUT2D eigenvalue weighted by molar-refractivity contribution is 8.33. The second kappa shape index (κ2) is 10.9. The number of rotatable bonds is 4. The Morgan fingerprint density at radius 3 is 1.68 bits per heavy atom. The van der Waals surface area contributed by atoms with Crippen molar-refractivity contribution < 1.29 is 0 Å². The standard InChI is InChI=1S/C47H34N2S/c1-50(2)42-30-33-19-10-9-18-32(33)29-39(42)44-45(50)43(31-16-5-3-6-17-31)48-46(49-44)34-20-15-23-36(28-34)47(35-21-7-4-8-22-35)40-26-13-11-24-37(40)38-25-12-14-27-41(38)47/h3-30H,1-2H3. The fourth-order valence-corrected chi connectivity index (χ4v) is 11.2. The van der Waals surface area contributed by atoms with Crippen LogP contribution in [-0.2, 0) is 5.41 Å². The second-order valence-electron chi connectivity index (χ2n) is 13.7. The maximum absolute atomic E-state index is 5.52. The smallest absolute Gasteiger partial charge is 0.160 e. The summed E-state index contributed by atoms with van der Waals surface area (Å²) in [6, 6.07) is 61.9. The third-order valence-electron chi connectivity index (χ3n) is 10.8. The van der Waals surface area contributed by atoms with Gasteiger partial charge < -0.3 is 0 Å². The van der Waals surface area contributed by atoms with Crippen LogP contribution in [0, 0.1) is 0 Å². The van der Waals surface area contributed by atoms with E-state index in [1.165, 1.54) is 59.5 Å². The minimum absolute atomic E-state index is 0.485. The molecular formula is C47H34N2S. The van der Waals surface area contributed by atoms with E-state index >= 15 is 0 Å². The maximum Gasteiger partial charge on any atom is 0.160 e. The molecule has 0 N–H and O–H groups in total. The largest absolute Gasteiger partial charge is 0.227 e. The van der Waals surface area contributed by atoms with E-state index in [1.54, 1.807) is 0 Å². The first-order chi connectivity index (χ1) is 24.5. The lowest BCUT2D eigenvalue weighted by Gasteiger charge is -2.34. The molecule has 2 aliphatic rings. The molecule has 10 rings (SSSR count). The Kier molecular flexibility index (Phi) is 6.34. The van der Waals surface area contributed by atoms with E-state index in [9.17, 15) is 0 Å². The molecule has 0 bridgehead atoms. The minimum atomic E-state index is -1.39. The quantitative estimate of drug-likeness (QED) is 0.188. The van der Waals surface area contributed by atoms with Crippen LogP contribution in [0.1, 0.15) is 22.3 Å². The van der Waals surface area contributed by atoms with Crippen molar-refractivity contribution in [3.63, 3.8) is 0 Å². The van der Waals surface area contributed by atoms with Gasteiger partial charge in [-0.15, -0.1) is 0 Å². The van der Waals surface area contributed by atoms with Crippen LogP contribution in [0.2, 0.25) is 0 Å². The van der Waals surface area contributed by atoms with Gasteiger partial charge in [0.15, 0.2) is 5.82 Å². The molecule has 0 radical (unpaired) electrons. The summed E-state index contributed by atoms with van der Waals surface area (Å²) in [5.74, 6) is 0.753. The molecule has 0 saturated carbocycles. The second-order valence-corrected chi connectivity index (χ2v) is 17.3. The van der Waals surface area contributed by atoms with Gasteiger partial charge in [-0.3, -0.25) is 0 Å². The Labute approximate surface area is 294 Å². The summed E-state index contributed by atoms with van der Waals surface area (Å²) < 4.78 is 0. The van der Waals surface area contributed by atoms with Gasteiger partial charge >= 0.3 is 0 Å². The lowest BCUT2D eigenvalue weighted by atomic mass is 9.67. The molecule has 7 aromatic carbocycles. The minimum Gasteiger partial charge on any atom is -0.227 e. The molecular weight excluding hydrogens is 625 g/mol. The van der Waals surface area contributed by atoms with E-state index in [0.29, 0.717) is 0 Å². The average Bonchev–Trinajstić information content (AvgIpc) is 3.60. The molecule has 1 aliphatic carbocycles. The first-order valence-corrected chi connectivity index (χ1v) is 19.6. The van der Waals surface area contributed by atoms with Crippen molar-refractivity contribution in [3.8, 4) is 45.0 Å². The maximum atomic E-state index is 5.52. The van der Waals surface area contributed by atoms with Crippen LogP contribution < -0.4 is 0 Å². The Balaban J connectivity index is 1.25. The van der Waals surface area contributed by atoms with E-state index in [2.05, 4.69) is 182 Å². The van der Waals surface area contributed by atoms with Crippen molar-refractivity contribution in [1.82, 2.24) is 9.97 Å². The highest BCUT2D eigenvalue weighted by Crippen LogP contribution is 2.69. The van der Waals surface area contributed by atoms with Gasteiger partial charge in [0.1, 0.15) is 0 Å². The predicted octanol–water partition coefficient (Wildman–Crippen LogP) is 11.8. The topological polar surface area (TPSA) is 25.8 Å². The number of hydrogen-bond donors (Lipinski definition) is 0. The van der Waals surface area contributed by atoms with E-state index in [0.717, 1.165) is 28.3 Å². The molecule has 0 spiro atoms. The first-order valence-electron chi connectivity index (χ1n) is 17.1. The Morgan fingerprint density at radius 1 is 0.440 bits per heavy atom. The third kappa shape index (κ3) is 4.04. The summed E-state index contributed by atoms with van der Waals surface area (Å²) in [5, 5.41) is 2.51. The Morgan fingerprint density at radius 2 is 0.980 bits per heavy atom. The van der Waals surface area contributed by atoms with Crippen LogP contribution in [-0.4, -0.2) is 22.5 Å².